The minimum atomic E-state index is 0.630. The molecule has 100 valence electrons. The summed E-state index contributed by atoms with van der Waals surface area (Å²) in [4.78, 5) is 0. The average Bonchev–Trinajstić information content (AvgIpc) is 3.02. The summed E-state index contributed by atoms with van der Waals surface area (Å²) in [5.74, 6) is 0.787. The van der Waals surface area contributed by atoms with Gasteiger partial charge >= 0.3 is 0 Å². The summed E-state index contributed by atoms with van der Waals surface area (Å²) in [6.07, 6.45) is 11.4. The molecule has 1 aromatic heterocycles. The van der Waals surface area contributed by atoms with Gasteiger partial charge in [-0.05, 0) is 44.2 Å². The van der Waals surface area contributed by atoms with Crippen molar-refractivity contribution >= 4 is 0 Å². The third-order valence-electron chi connectivity index (χ3n) is 4.72. The maximum atomic E-state index is 4.80. The van der Waals surface area contributed by atoms with Gasteiger partial charge in [0.25, 0.3) is 0 Å². The van der Waals surface area contributed by atoms with Crippen LogP contribution in [0.25, 0.3) is 0 Å². The molecule has 3 heteroatoms. The largest absolute Gasteiger partial charge is 0.313 e. The molecule has 1 saturated carbocycles. The van der Waals surface area contributed by atoms with Gasteiger partial charge in [-0.3, -0.25) is 4.68 Å². The van der Waals surface area contributed by atoms with Crippen LogP contribution < -0.4 is 5.32 Å². The monoisotopic (exact) mass is 247 g/mol. The highest BCUT2D eigenvalue weighted by Gasteiger charge is 2.23. The average molecular weight is 247 g/mol. The third-order valence-corrected chi connectivity index (χ3v) is 4.72. The van der Waals surface area contributed by atoms with Crippen molar-refractivity contribution in [1.82, 2.24) is 15.1 Å². The Hall–Kier alpha value is -0.830. The second-order valence-electron chi connectivity index (χ2n) is 6.11. The molecule has 2 unspecified atom stereocenters. The van der Waals surface area contributed by atoms with Crippen LogP contribution in [0.1, 0.15) is 57.2 Å². The van der Waals surface area contributed by atoms with Crippen molar-refractivity contribution < 1.29 is 0 Å². The van der Waals surface area contributed by atoms with Crippen molar-refractivity contribution in [2.24, 2.45) is 5.92 Å². The number of nitrogens with zero attached hydrogens (tertiary/aromatic N) is 2. The normalized spacial score (nSPS) is 29.8. The summed E-state index contributed by atoms with van der Waals surface area (Å²) in [5.41, 5.74) is 1.27. The zero-order valence-corrected chi connectivity index (χ0v) is 11.4. The molecule has 2 heterocycles. The smallest absolute Gasteiger partial charge is 0.0640 e. The van der Waals surface area contributed by atoms with E-state index in [4.69, 9.17) is 5.10 Å². The van der Waals surface area contributed by atoms with Gasteiger partial charge in [-0.1, -0.05) is 19.8 Å². The Balaban J connectivity index is 1.62. The van der Waals surface area contributed by atoms with Crippen LogP contribution >= 0.6 is 0 Å². The second-order valence-corrected chi connectivity index (χ2v) is 6.11. The molecule has 1 saturated heterocycles. The Bertz CT molecular complexity index is 379. The first-order chi connectivity index (χ1) is 8.83. The number of nitrogens with one attached hydrogen (secondary N) is 1. The molecule has 1 aliphatic carbocycles. The lowest BCUT2D eigenvalue weighted by Gasteiger charge is -2.29. The summed E-state index contributed by atoms with van der Waals surface area (Å²) in [5, 5.41) is 8.44. The van der Waals surface area contributed by atoms with Crippen LogP contribution in [-0.4, -0.2) is 22.4 Å². The van der Waals surface area contributed by atoms with Gasteiger partial charge in [0.1, 0.15) is 0 Å². The van der Waals surface area contributed by atoms with Gasteiger partial charge in [-0.25, -0.2) is 0 Å². The summed E-state index contributed by atoms with van der Waals surface area (Å²) in [6, 6.07) is 3.53. The first-order valence-electron chi connectivity index (χ1n) is 7.60. The minimum absolute atomic E-state index is 0.630. The topological polar surface area (TPSA) is 29.9 Å². The zero-order valence-electron chi connectivity index (χ0n) is 11.4. The Labute approximate surface area is 110 Å². The van der Waals surface area contributed by atoms with Crippen LogP contribution in [0.15, 0.2) is 12.3 Å². The van der Waals surface area contributed by atoms with Crippen molar-refractivity contribution in [2.45, 2.75) is 64.0 Å². The third kappa shape index (κ3) is 2.61. The highest BCUT2D eigenvalue weighted by atomic mass is 15.3. The number of rotatable bonds is 3. The van der Waals surface area contributed by atoms with Crippen molar-refractivity contribution in [3.63, 3.8) is 0 Å². The van der Waals surface area contributed by atoms with E-state index in [0.29, 0.717) is 12.1 Å². The summed E-state index contributed by atoms with van der Waals surface area (Å²) < 4.78 is 2.22. The van der Waals surface area contributed by atoms with E-state index < -0.39 is 0 Å². The predicted octanol–water partition coefficient (Wildman–Crippen LogP) is 2.93. The number of aromatic nitrogens is 2. The molecule has 1 aliphatic heterocycles. The van der Waals surface area contributed by atoms with Crippen LogP contribution in [0.3, 0.4) is 0 Å². The summed E-state index contributed by atoms with van der Waals surface area (Å²) >= 11 is 0. The van der Waals surface area contributed by atoms with E-state index in [2.05, 4.69) is 29.2 Å². The van der Waals surface area contributed by atoms with Crippen molar-refractivity contribution in [3.8, 4) is 0 Å². The standard InChI is InChI=1S/C15H25N3/c1-12-5-4-9-16-15(12)11-13-8-10-18(17-13)14-6-2-3-7-14/h8,10,12,14-16H,2-7,9,11H2,1H3. The Kier molecular flexibility index (Phi) is 3.69. The van der Waals surface area contributed by atoms with E-state index in [0.717, 1.165) is 12.3 Å². The van der Waals surface area contributed by atoms with Gasteiger partial charge in [0.2, 0.25) is 0 Å². The van der Waals surface area contributed by atoms with E-state index in [1.165, 1.54) is 50.8 Å². The fraction of sp³-hybridized carbons (Fsp3) is 0.800. The van der Waals surface area contributed by atoms with Crippen LogP contribution in [0, 0.1) is 5.92 Å². The summed E-state index contributed by atoms with van der Waals surface area (Å²) in [6.45, 7) is 3.54. The molecule has 0 radical (unpaired) electrons. The van der Waals surface area contributed by atoms with Gasteiger partial charge in [-0.15, -0.1) is 0 Å². The molecule has 1 N–H and O–H groups in total. The fourth-order valence-electron chi connectivity index (χ4n) is 3.47. The first-order valence-corrected chi connectivity index (χ1v) is 7.60. The van der Waals surface area contributed by atoms with E-state index >= 15 is 0 Å². The molecule has 18 heavy (non-hydrogen) atoms. The van der Waals surface area contributed by atoms with Gasteiger partial charge in [0, 0.05) is 18.7 Å². The van der Waals surface area contributed by atoms with E-state index in [1.807, 2.05) is 0 Å². The van der Waals surface area contributed by atoms with Crippen molar-refractivity contribution in [2.75, 3.05) is 6.54 Å². The number of hydrogen-bond donors (Lipinski definition) is 1. The Morgan fingerprint density at radius 3 is 2.89 bits per heavy atom. The summed E-state index contributed by atoms with van der Waals surface area (Å²) in [7, 11) is 0. The van der Waals surface area contributed by atoms with Crippen LogP contribution in [0.5, 0.6) is 0 Å². The van der Waals surface area contributed by atoms with Gasteiger partial charge < -0.3 is 5.32 Å². The maximum Gasteiger partial charge on any atom is 0.0640 e. The van der Waals surface area contributed by atoms with Gasteiger partial charge in [0.05, 0.1) is 11.7 Å². The predicted molar refractivity (Wildman–Crippen MR) is 73.6 cm³/mol. The van der Waals surface area contributed by atoms with Crippen molar-refractivity contribution in [1.29, 1.82) is 0 Å². The Morgan fingerprint density at radius 1 is 1.28 bits per heavy atom. The lowest BCUT2D eigenvalue weighted by atomic mass is 9.90. The molecule has 0 aromatic carbocycles. The number of hydrogen-bond acceptors (Lipinski definition) is 2. The Morgan fingerprint density at radius 2 is 2.11 bits per heavy atom. The molecule has 2 atom stereocenters. The van der Waals surface area contributed by atoms with E-state index in [9.17, 15) is 0 Å². The first kappa shape index (κ1) is 12.2. The molecule has 2 fully saturated rings. The molecule has 3 nitrogen and oxygen atoms in total. The SMILES string of the molecule is CC1CCCNC1Cc1ccn(C2CCCC2)n1. The second kappa shape index (κ2) is 5.43. The molecule has 3 rings (SSSR count). The van der Waals surface area contributed by atoms with Gasteiger partial charge in [-0.2, -0.15) is 5.10 Å². The zero-order chi connectivity index (χ0) is 12.4. The van der Waals surface area contributed by atoms with Crippen LogP contribution in [0.2, 0.25) is 0 Å². The lowest BCUT2D eigenvalue weighted by molar-refractivity contribution is 0.296. The minimum Gasteiger partial charge on any atom is -0.313 e. The molecular formula is C15H25N3. The molecule has 0 spiro atoms. The van der Waals surface area contributed by atoms with E-state index in [1.54, 1.807) is 0 Å². The van der Waals surface area contributed by atoms with Crippen LogP contribution in [-0.2, 0) is 6.42 Å². The maximum absolute atomic E-state index is 4.80. The van der Waals surface area contributed by atoms with E-state index in [-0.39, 0.29) is 0 Å². The molecule has 2 aliphatic rings. The molecule has 0 bridgehead atoms. The number of piperidine rings is 1. The van der Waals surface area contributed by atoms with Crippen molar-refractivity contribution in [3.05, 3.63) is 18.0 Å². The lowest BCUT2D eigenvalue weighted by Crippen LogP contribution is -2.41. The quantitative estimate of drug-likeness (QED) is 0.890. The molecule has 0 amide bonds. The molecular weight excluding hydrogens is 222 g/mol. The molecule has 1 aromatic rings. The highest BCUT2D eigenvalue weighted by molar-refractivity contribution is 5.04. The highest BCUT2D eigenvalue weighted by Crippen LogP contribution is 2.29. The van der Waals surface area contributed by atoms with Gasteiger partial charge in [0.15, 0.2) is 0 Å². The fourth-order valence-corrected chi connectivity index (χ4v) is 3.47. The van der Waals surface area contributed by atoms with Crippen LogP contribution in [0.4, 0.5) is 0 Å².